The molecule has 0 spiro atoms. The number of likely N-dealkylation sites (N-methyl/N-ethyl adjacent to an activating group) is 1. The standard InChI is InChI=1S/C25H29I2NO3.Na.H/c1-4-7-11-22-23(18-10-8-9-12-21(18)31-22)24(29)17-15-19(26)25(20(27)16-17)30-14-13-28(5-2)6-3;;/h8-10,12,15-16H,4-7,11,13-14H2,1-3H3;;. The predicted molar refractivity (Wildman–Crippen MR) is 151 cm³/mol. The van der Waals surface area contributed by atoms with Crippen LogP contribution in [0.1, 0.15) is 55.3 Å². The summed E-state index contributed by atoms with van der Waals surface area (Å²) in [4.78, 5) is 15.9. The number of ether oxygens (including phenoxy) is 1. The first-order valence-corrected chi connectivity index (χ1v) is 13.0. The number of hydrogen-bond donors (Lipinski definition) is 0. The molecule has 0 N–H and O–H groups in total. The van der Waals surface area contributed by atoms with Gasteiger partial charge in [0.1, 0.15) is 23.7 Å². The van der Waals surface area contributed by atoms with Crippen molar-refractivity contribution in [2.45, 2.75) is 40.0 Å². The Bertz CT molecular complexity index is 1020. The molecule has 0 bridgehead atoms. The summed E-state index contributed by atoms with van der Waals surface area (Å²) in [6.45, 7) is 10.0. The number of furan rings is 1. The second kappa shape index (κ2) is 13.7. The molecule has 7 heteroatoms. The number of carbonyl (C=O) groups excluding carboxylic acids is 1. The van der Waals surface area contributed by atoms with Crippen LogP contribution in [0.3, 0.4) is 0 Å². The van der Waals surface area contributed by atoms with E-state index in [1.807, 2.05) is 36.4 Å². The van der Waals surface area contributed by atoms with E-state index in [0.717, 1.165) is 68.5 Å². The summed E-state index contributed by atoms with van der Waals surface area (Å²) >= 11 is 4.54. The number of benzene rings is 2. The number of halogens is 2. The van der Waals surface area contributed by atoms with Gasteiger partial charge in [-0.3, -0.25) is 4.79 Å². The fraction of sp³-hybridized carbons (Fsp3) is 0.400. The maximum atomic E-state index is 13.6. The van der Waals surface area contributed by atoms with Crippen LogP contribution in [-0.4, -0.2) is 66.5 Å². The summed E-state index contributed by atoms with van der Waals surface area (Å²) < 4.78 is 14.1. The van der Waals surface area contributed by atoms with Crippen molar-refractivity contribution in [1.29, 1.82) is 0 Å². The van der Waals surface area contributed by atoms with Crippen molar-refractivity contribution in [2.24, 2.45) is 0 Å². The first kappa shape index (κ1) is 28.1. The van der Waals surface area contributed by atoms with Crippen LogP contribution in [0.2, 0.25) is 0 Å². The number of ketones is 1. The molecule has 32 heavy (non-hydrogen) atoms. The van der Waals surface area contributed by atoms with Gasteiger partial charge in [-0.25, -0.2) is 0 Å². The zero-order chi connectivity index (χ0) is 22.4. The minimum absolute atomic E-state index is 0. The molecule has 0 saturated heterocycles. The molecule has 0 radical (unpaired) electrons. The monoisotopic (exact) mass is 669 g/mol. The van der Waals surface area contributed by atoms with E-state index >= 15 is 0 Å². The fourth-order valence-electron chi connectivity index (χ4n) is 3.65. The summed E-state index contributed by atoms with van der Waals surface area (Å²) in [5.41, 5.74) is 2.15. The number of fused-ring (bicyclic) bond motifs is 1. The molecule has 0 aliphatic carbocycles. The molecule has 3 aromatic rings. The van der Waals surface area contributed by atoms with Crippen molar-refractivity contribution in [2.75, 3.05) is 26.2 Å². The van der Waals surface area contributed by atoms with Crippen molar-refractivity contribution in [3.05, 3.63) is 60.4 Å². The predicted octanol–water partition coefficient (Wildman–Crippen LogP) is 6.29. The van der Waals surface area contributed by atoms with E-state index in [1.54, 1.807) is 0 Å². The Morgan fingerprint density at radius 1 is 1.06 bits per heavy atom. The van der Waals surface area contributed by atoms with Gasteiger partial charge in [0.15, 0.2) is 5.78 Å². The van der Waals surface area contributed by atoms with E-state index in [4.69, 9.17) is 9.15 Å². The van der Waals surface area contributed by atoms with Gasteiger partial charge >= 0.3 is 29.6 Å². The van der Waals surface area contributed by atoms with Gasteiger partial charge in [0.25, 0.3) is 0 Å². The number of hydrogen-bond acceptors (Lipinski definition) is 4. The van der Waals surface area contributed by atoms with E-state index in [2.05, 4.69) is 70.9 Å². The van der Waals surface area contributed by atoms with Crippen molar-refractivity contribution in [1.82, 2.24) is 4.90 Å². The van der Waals surface area contributed by atoms with E-state index in [9.17, 15) is 4.79 Å². The molecule has 0 aliphatic rings. The third kappa shape index (κ3) is 6.72. The number of aryl methyl sites for hydroxylation is 1. The molecule has 4 nitrogen and oxygen atoms in total. The Labute approximate surface area is 240 Å². The maximum absolute atomic E-state index is 13.6. The summed E-state index contributed by atoms with van der Waals surface area (Å²) in [7, 11) is 0. The topological polar surface area (TPSA) is 42.7 Å². The van der Waals surface area contributed by atoms with Gasteiger partial charge in [0.05, 0.1) is 12.7 Å². The Balaban J connectivity index is 0.00000363. The van der Waals surface area contributed by atoms with Crippen LogP contribution in [0.4, 0.5) is 0 Å². The zero-order valence-corrected chi connectivity index (χ0v) is 22.7. The van der Waals surface area contributed by atoms with Gasteiger partial charge in [0, 0.05) is 23.9 Å². The zero-order valence-electron chi connectivity index (χ0n) is 18.3. The number of unbranched alkanes of at least 4 members (excludes halogenated alkanes) is 1. The average Bonchev–Trinajstić information content (AvgIpc) is 3.14. The van der Waals surface area contributed by atoms with Crippen LogP contribution in [-0.2, 0) is 6.42 Å². The molecular formula is C25H30I2NNaO3. The Morgan fingerprint density at radius 2 is 1.72 bits per heavy atom. The van der Waals surface area contributed by atoms with E-state index in [1.165, 1.54) is 0 Å². The van der Waals surface area contributed by atoms with Gasteiger partial charge in [-0.2, -0.15) is 0 Å². The normalized spacial score (nSPS) is 11.1. The summed E-state index contributed by atoms with van der Waals surface area (Å²) in [5.74, 6) is 1.66. The fourth-order valence-corrected chi connectivity index (χ4v) is 5.73. The van der Waals surface area contributed by atoms with E-state index < -0.39 is 0 Å². The van der Waals surface area contributed by atoms with Gasteiger partial charge in [-0.1, -0.05) is 45.4 Å². The Morgan fingerprint density at radius 3 is 2.34 bits per heavy atom. The van der Waals surface area contributed by atoms with Crippen molar-refractivity contribution in [3.8, 4) is 5.75 Å². The average molecular weight is 669 g/mol. The van der Waals surface area contributed by atoms with Crippen LogP contribution in [0, 0.1) is 7.14 Å². The molecule has 3 rings (SSSR count). The van der Waals surface area contributed by atoms with Crippen molar-refractivity contribution >= 4 is 91.5 Å². The Hall–Kier alpha value is -0.130. The second-order valence-electron chi connectivity index (χ2n) is 7.47. The minimum atomic E-state index is 0. The molecule has 1 aromatic heterocycles. The molecule has 168 valence electrons. The number of para-hydroxylation sites is 1. The molecule has 0 amide bonds. The van der Waals surface area contributed by atoms with E-state index in [-0.39, 0.29) is 35.3 Å². The first-order valence-electron chi connectivity index (χ1n) is 10.9. The van der Waals surface area contributed by atoms with Crippen LogP contribution in [0.15, 0.2) is 40.8 Å². The third-order valence-corrected chi connectivity index (χ3v) is 7.06. The van der Waals surface area contributed by atoms with Crippen molar-refractivity contribution < 1.29 is 13.9 Å². The van der Waals surface area contributed by atoms with Gasteiger partial charge < -0.3 is 14.1 Å². The molecule has 0 saturated carbocycles. The number of rotatable bonds is 11. The van der Waals surface area contributed by atoms with Gasteiger partial charge in [0.2, 0.25) is 0 Å². The van der Waals surface area contributed by atoms with Gasteiger partial charge in [-0.15, -0.1) is 0 Å². The molecule has 0 unspecified atom stereocenters. The molecular weight excluding hydrogens is 639 g/mol. The summed E-state index contributed by atoms with van der Waals surface area (Å²) in [6, 6.07) is 11.7. The molecule has 0 atom stereocenters. The Kier molecular flexibility index (Phi) is 12.0. The van der Waals surface area contributed by atoms with Crippen LogP contribution in [0.5, 0.6) is 5.75 Å². The second-order valence-corrected chi connectivity index (χ2v) is 9.80. The van der Waals surface area contributed by atoms with E-state index in [0.29, 0.717) is 17.7 Å². The first-order chi connectivity index (χ1) is 15.0. The number of carbonyl (C=O) groups is 1. The quantitative estimate of drug-likeness (QED) is 0.137. The molecule has 1 heterocycles. The molecule has 2 aromatic carbocycles. The molecule has 0 aliphatic heterocycles. The summed E-state index contributed by atoms with van der Waals surface area (Å²) in [5, 5.41) is 0.892. The van der Waals surface area contributed by atoms with Gasteiger partial charge in [-0.05, 0) is 82.9 Å². The number of nitrogens with zero attached hydrogens (tertiary/aromatic N) is 1. The SMILES string of the molecule is CCCCc1oc2ccccc2c1C(=O)c1cc(I)c(OCCN(CC)CC)c(I)c1.[NaH]. The third-order valence-electron chi connectivity index (χ3n) is 5.46. The van der Waals surface area contributed by atoms with Crippen molar-refractivity contribution in [3.63, 3.8) is 0 Å². The van der Waals surface area contributed by atoms with Crippen LogP contribution in [0.25, 0.3) is 11.0 Å². The summed E-state index contributed by atoms with van der Waals surface area (Å²) in [6.07, 6.45) is 2.82. The molecule has 0 fully saturated rings. The van der Waals surface area contributed by atoms with Crippen LogP contribution < -0.4 is 4.74 Å². The van der Waals surface area contributed by atoms with Crippen LogP contribution >= 0.6 is 45.2 Å².